The summed E-state index contributed by atoms with van der Waals surface area (Å²) in [5, 5.41) is 0. The Bertz CT molecular complexity index is 714. The lowest BCUT2D eigenvalue weighted by molar-refractivity contribution is -0.131. The van der Waals surface area contributed by atoms with E-state index in [0.29, 0.717) is 24.6 Å². The van der Waals surface area contributed by atoms with Crippen LogP contribution in [0.1, 0.15) is 19.3 Å². The number of nitrogens with zero attached hydrogens (tertiary/aromatic N) is 1. The number of carbonyl (C=O) groups is 1. The highest BCUT2D eigenvalue weighted by molar-refractivity contribution is 7.89. The Morgan fingerprint density at radius 2 is 2.00 bits per heavy atom. The van der Waals surface area contributed by atoms with Gasteiger partial charge in [0.25, 0.3) is 0 Å². The summed E-state index contributed by atoms with van der Waals surface area (Å²) in [5.74, 6) is 0.686. The van der Waals surface area contributed by atoms with Crippen LogP contribution in [0, 0.1) is 0 Å². The Hall–Kier alpha value is -1.55. The Labute approximate surface area is 160 Å². The summed E-state index contributed by atoms with van der Waals surface area (Å²) in [5.41, 5.74) is 5.66. The van der Waals surface area contributed by atoms with Gasteiger partial charge in [0.15, 0.2) is 11.5 Å². The number of halogens is 1. The van der Waals surface area contributed by atoms with E-state index in [2.05, 4.69) is 4.72 Å². The van der Waals surface area contributed by atoms with Crippen LogP contribution in [-0.2, 0) is 14.8 Å². The number of carbonyl (C=O) groups excluding carboxylic acids is 1. The highest BCUT2D eigenvalue weighted by Crippen LogP contribution is 2.29. The van der Waals surface area contributed by atoms with Crippen LogP contribution in [0.5, 0.6) is 11.5 Å². The van der Waals surface area contributed by atoms with Crippen molar-refractivity contribution < 1.29 is 22.7 Å². The fourth-order valence-corrected chi connectivity index (χ4v) is 3.96. The first-order valence-corrected chi connectivity index (χ1v) is 9.62. The first-order valence-electron chi connectivity index (χ1n) is 8.14. The number of hydrogen-bond acceptors (Lipinski definition) is 6. The van der Waals surface area contributed by atoms with E-state index >= 15 is 0 Å². The largest absolute Gasteiger partial charge is 0.493 e. The van der Waals surface area contributed by atoms with Gasteiger partial charge < -0.3 is 20.1 Å². The number of hydrogen-bond donors (Lipinski definition) is 2. The summed E-state index contributed by atoms with van der Waals surface area (Å²) in [6, 6.07) is 4.40. The second-order valence-electron chi connectivity index (χ2n) is 5.78. The molecule has 1 amide bonds. The van der Waals surface area contributed by atoms with Gasteiger partial charge in [-0.25, -0.2) is 13.1 Å². The minimum absolute atomic E-state index is 0. The minimum atomic E-state index is -3.74. The zero-order chi connectivity index (χ0) is 18.4. The van der Waals surface area contributed by atoms with Gasteiger partial charge in [0.2, 0.25) is 15.9 Å². The second kappa shape index (κ2) is 9.96. The lowest BCUT2D eigenvalue weighted by Crippen LogP contribution is -2.41. The maximum Gasteiger partial charge on any atom is 0.240 e. The third-order valence-corrected chi connectivity index (χ3v) is 5.72. The minimum Gasteiger partial charge on any atom is -0.493 e. The summed E-state index contributed by atoms with van der Waals surface area (Å²) in [4.78, 5) is 14.0. The van der Waals surface area contributed by atoms with Gasteiger partial charge in [-0.05, 0) is 25.0 Å². The summed E-state index contributed by atoms with van der Waals surface area (Å²) >= 11 is 0. The molecule has 1 aromatic rings. The number of amides is 1. The summed E-state index contributed by atoms with van der Waals surface area (Å²) < 4.78 is 37.4. The van der Waals surface area contributed by atoms with E-state index in [1.165, 1.54) is 32.4 Å². The number of ether oxygens (including phenoxy) is 2. The molecule has 10 heteroatoms. The van der Waals surface area contributed by atoms with Crippen molar-refractivity contribution in [1.29, 1.82) is 0 Å². The van der Waals surface area contributed by atoms with Gasteiger partial charge in [-0.1, -0.05) is 0 Å². The average molecular weight is 408 g/mol. The smallest absolute Gasteiger partial charge is 0.240 e. The van der Waals surface area contributed by atoms with Crippen LogP contribution in [0.3, 0.4) is 0 Å². The number of sulfonamides is 1. The Kier molecular flexibility index (Phi) is 8.61. The molecule has 2 rings (SSSR count). The Balaban J connectivity index is 0.00000338. The van der Waals surface area contributed by atoms with Gasteiger partial charge in [0.1, 0.15) is 0 Å². The van der Waals surface area contributed by atoms with Crippen LogP contribution in [0.25, 0.3) is 0 Å². The van der Waals surface area contributed by atoms with E-state index in [0.717, 1.165) is 12.8 Å². The molecule has 0 bridgehead atoms. The van der Waals surface area contributed by atoms with Crippen molar-refractivity contribution in [2.75, 3.05) is 33.9 Å². The number of benzene rings is 1. The molecule has 148 valence electrons. The Morgan fingerprint density at radius 1 is 1.31 bits per heavy atom. The van der Waals surface area contributed by atoms with E-state index in [-0.39, 0.29) is 42.2 Å². The summed E-state index contributed by atoms with van der Waals surface area (Å²) in [7, 11) is -0.827. The molecule has 1 aliphatic heterocycles. The van der Waals surface area contributed by atoms with E-state index in [4.69, 9.17) is 15.2 Å². The normalized spacial score (nSPS) is 16.9. The Morgan fingerprint density at radius 3 is 2.62 bits per heavy atom. The van der Waals surface area contributed by atoms with Gasteiger partial charge in [-0.2, -0.15) is 0 Å². The SMILES string of the molecule is COc1ccc(S(=O)(=O)NCCC(=O)N2CCCC2CN)cc1OC.Cl. The lowest BCUT2D eigenvalue weighted by Gasteiger charge is -2.23. The van der Waals surface area contributed by atoms with Crippen LogP contribution in [0.2, 0.25) is 0 Å². The molecular formula is C16H26ClN3O5S. The monoisotopic (exact) mass is 407 g/mol. The molecule has 1 aliphatic rings. The zero-order valence-corrected chi connectivity index (χ0v) is 16.6. The predicted molar refractivity (Wildman–Crippen MR) is 100 cm³/mol. The number of likely N-dealkylation sites (tertiary alicyclic amines) is 1. The molecule has 1 saturated heterocycles. The number of nitrogens with two attached hydrogens (primary N) is 1. The van der Waals surface area contributed by atoms with Gasteiger partial charge >= 0.3 is 0 Å². The molecule has 3 N–H and O–H groups in total. The first-order chi connectivity index (χ1) is 11.9. The van der Waals surface area contributed by atoms with E-state index in [9.17, 15) is 13.2 Å². The van der Waals surface area contributed by atoms with Crippen LogP contribution in [-0.4, -0.2) is 59.1 Å². The lowest BCUT2D eigenvalue weighted by atomic mass is 10.2. The molecule has 1 heterocycles. The first kappa shape index (κ1) is 22.5. The molecule has 1 fully saturated rings. The zero-order valence-electron chi connectivity index (χ0n) is 14.9. The van der Waals surface area contributed by atoms with Crippen molar-refractivity contribution in [2.45, 2.75) is 30.2 Å². The van der Waals surface area contributed by atoms with Crippen molar-refractivity contribution in [3.8, 4) is 11.5 Å². The highest BCUT2D eigenvalue weighted by atomic mass is 35.5. The molecule has 1 unspecified atom stereocenters. The topological polar surface area (TPSA) is 111 Å². The number of rotatable bonds is 8. The molecule has 0 aromatic heterocycles. The molecule has 0 aliphatic carbocycles. The van der Waals surface area contributed by atoms with Gasteiger partial charge in [-0.3, -0.25) is 4.79 Å². The summed E-state index contributed by atoms with van der Waals surface area (Å²) in [6.45, 7) is 1.15. The van der Waals surface area contributed by atoms with Crippen LogP contribution in [0.4, 0.5) is 0 Å². The molecule has 1 atom stereocenters. The van der Waals surface area contributed by atoms with Crippen LogP contribution < -0.4 is 19.9 Å². The van der Waals surface area contributed by atoms with Gasteiger partial charge in [-0.15, -0.1) is 12.4 Å². The fraction of sp³-hybridized carbons (Fsp3) is 0.562. The second-order valence-corrected chi connectivity index (χ2v) is 7.55. The molecule has 0 spiro atoms. The van der Waals surface area contributed by atoms with Gasteiger partial charge in [0.05, 0.1) is 19.1 Å². The molecule has 0 saturated carbocycles. The van der Waals surface area contributed by atoms with Crippen molar-refractivity contribution in [1.82, 2.24) is 9.62 Å². The van der Waals surface area contributed by atoms with Crippen LogP contribution >= 0.6 is 12.4 Å². The molecular weight excluding hydrogens is 382 g/mol. The van der Waals surface area contributed by atoms with E-state index in [1.807, 2.05) is 0 Å². The predicted octanol–water partition coefficient (Wildman–Crippen LogP) is 0.744. The van der Waals surface area contributed by atoms with Gasteiger partial charge in [0, 0.05) is 38.2 Å². The highest BCUT2D eigenvalue weighted by Gasteiger charge is 2.27. The fourth-order valence-electron chi connectivity index (χ4n) is 2.91. The van der Waals surface area contributed by atoms with Crippen molar-refractivity contribution in [3.63, 3.8) is 0 Å². The standard InChI is InChI=1S/C16H25N3O5S.ClH/c1-23-14-6-5-13(10-15(14)24-2)25(21,22)18-8-7-16(20)19-9-3-4-12(19)11-17;/h5-6,10,12,18H,3-4,7-9,11,17H2,1-2H3;1H. The van der Waals surface area contributed by atoms with E-state index in [1.54, 1.807) is 4.90 Å². The maximum absolute atomic E-state index is 12.4. The third-order valence-electron chi connectivity index (χ3n) is 4.27. The molecule has 1 aromatic carbocycles. The van der Waals surface area contributed by atoms with Crippen LogP contribution in [0.15, 0.2) is 23.1 Å². The maximum atomic E-state index is 12.4. The number of nitrogens with one attached hydrogen (secondary N) is 1. The third kappa shape index (κ3) is 5.23. The molecule has 26 heavy (non-hydrogen) atoms. The van der Waals surface area contributed by atoms with Crippen molar-refractivity contribution >= 4 is 28.3 Å². The van der Waals surface area contributed by atoms with Crippen molar-refractivity contribution in [2.24, 2.45) is 5.73 Å². The van der Waals surface area contributed by atoms with Crippen molar-refractivity contribution in [3.05, 3.63) is 18.2 Å². The van der Waals surface area contributed by atoms with E-state index < -0.39 is 10.0 Å². The number of methoxy groups -OCH3 is 2. The molecule has 8 nitrogen and oxygen atoms in total. The molecule has 0 radical (unpaired) electrons. The average Bonchev–Trinajstić information content (AvgIpc) is 3.09. The quantitative estimate of drug-likeness (QED) is 0.657. The summed E-state index contributed by atoms with van der Waals surface area (Å²) in [6.07, 6.45) is 1.94.